The largest absolute Gasteiger partial charge is 0.464 e. The van der Waals surface area contributed by atoms with Crippen LogP contribution in [-0.4, -0.2) is 40.6 Å². The average molecular weight is 253 g/mol. The van der Waals surface area contributed by atoms with Gasteiger partial charge in [-0.15, -0.1) is 0 Å². The first kappa shape index (κ1) is 12.2. The van der Waals surface area contributed by atoms with Gasteiger partial charge >= 0.3 is 5.97 Å². The van der Waals surface area contributed by atoms with Crippen LogP contribution >= 0.6 is 11.8 Å². The van der Waals surface area contributed by atoms with Crippen molar-refractivity contribution in [3.8, 4) is 0 Å². The number of carbonyl (C=O) groups is 1. The number of anilines is 1. The Morgan fingerprint density at radius 3 is 2.76 bits per heavy atom. The molecule has 6 heteroatoms. The van der Waals surface area contributed by atoms with Crippen molar-refractivity contribution in [2.75, 3.05) is 25.2 Å². The van der Waals surface area contributed by atoms with Crippen molar-refractivity contribution in [3.63, 3.8) is 0 Å². The number of esters is 1. The van der Waals surface area contributed by atoms with E-state index >= 15 is 0 Å². The summed E-state index contributed by atoms with van der Waals surface area (Å²) in [5, 5.41) is 3.24. The number of methoxy groups -OCH3 is 1. The molecule has 0 bridgehead atoms. The summed E-state index contributed by atoms with van der Waals surface area (Å²) >= 11 is 1.88. The van der Waals surface area contributed by atoms with E-state index in [-0.39, 0.29) is 5.69 Å². The van der Waals surface area contributed by atoms with Crippen LogP contribution in [0.4, 0.5) is 5.82 Å². The Morgan fingerprint density at radius 1 is 1.53 bits per heavy atom. The van der Waals surface area contributed by atoms with E-state index in [1.165, 1.54) is 26.1 Å². The molecular weight excluding hydrogens is 238 g/mol. The van der Waals surface area contributed by atoms with Gasteiger partial charge in [0.1, 0.15) is 5.82 Å². The molecule has 1 heterocycles. The monoisotopic (exact) mass is 253 g/mol. The molecule has 1 fully saturated rings. The van der Waals surface area contributed by atoms with Gasteiger partial charge in [0, 0.05) is 11.3 Å². The molecule has 1 N–H and O–H groups in total. The second-order valence-electron chi connectivity index (χ2n) is 4.02. The number of thioether (sulfide) groups is 1. The second kappa shape index (κ2) is 4.91. The summed E-state index contributed by atoms with van der Waals surface area (Å²) in [6, 6.07) is 0. The Labute approximate surface area is 104 Å². The fraction of sp³-hybridized carbons (Fsp3) is 0.545. The summed E-state index contributed by atoms with van der Waals surface area (Å²) in [5.41, 5.74) is 0.226. The summed E-state index contributed by atoms with van der Waals surface area (Å²) in [6.45, 7) is 0.889. The molecule has 0 aromatic carbocycles. The highest BCUT2D eigenvalue weighted by Gasteiger charge is 2.41. The summed E-state index contributed by atoms with van der Waals surface area (Å²) in [4.78, 5) is 19.3. The fourth-order valence-electron chi connectivity index (χ4n) is 1.47. The molecule has 0 radical (unpaired) electrons. The van der Waals surface area contributed by atoms with E-state index in [0.717, 1.165) is 6.54 Å². The third kappa shape index (κ3) is 2.88. The molecular formula is C11H15N3O2S. The van der Waals surface area contributed by atoms with E-state index in [2.05, 4.69) is 26.3 Å². The minimum Gasteiger partial charge on any atom is -0.464 e. The molecule has 0 aliphatic heterocycles. The smallest absolute Gasteiger partial charge is 0.358 e. The zero-order chi connectivity index (χ0) is 12.3. The Hall–Kier alpha value is -1.30. The molecule has 1 saturated carbocycles. The van der Waals surface area contributed by atoms with E-state index < -0.39 is 5.97 Å². The molecule has 1 aliphatic rings. The summed E-state index contributed by atoms with van der Waals surface area (Å²) < 4.78 is 4.93. The molecule has 2 rings (SSSR count). The van der Waals surface area contributed by atoms with Crippen LogP contribution in [0.15, 0.2) is 12.4 Å². The SMILES string of the molecule is COC(=O)c1cnc(NCC2(SC)CC2)cn1. The van der Waals surface area contributed by atoms with E-state index in [1.807, 2.05) is 11.8 Å². The Morgan fingerprint density at radius 2 is 2.29 bits per heavy atom. The number of rotatable bonds is 5. The van der Waals surface area contributed by atoms with Crippen LogP contribution in [0.5, 0.6) is 0 Å². The van der Waals surface area contributed by atoms with Crippen LogP contribution in [-0.2, 0) is 4.74 Å². The minimum absolute atomic E-state index is 0.226. The van der Waals surface area contributed by atoms with Gasteiger partial charge in [-0.1, -0.05) is 0 Å². The molecule has 5 nitrogen and oxygen atoms in total. The first-order chi connectivity index (χ1) is 8.19. The Kier molecular flexibility index (Phi) is 3.51. The van der Waals surface area contributed by atoms with E-state index in [4.69, 9.17) is 0 Å². The van der Waals surface area contributed by atoms with Crippen LogP contribution in [0.25, 0.3) is 0 Å². The molecule has 1 aromatic rings. The van der Waals surface area contributed by atoms with Crippen molar-refractivity contribution in [2.24, 2.45) is 0 Å². The maximum atomic E-state index is 11.1. The zero-order valence-electron chi connectivity index (χ0n) is 9.90. The van der Waals surface area contributed by atoms with Gasteiger partial charge in [0.25, 0.3) is 0 Å². The summed E-state index contributed by atoms with van der Waals surface area (Å²) in [7, 11) is 1.32. The van der Waals surface area contributed by atoms with Crippen LogP contribution < -0.4 is 5.32 Å². The zero-order valence-corrected chi connectivity index (χ0v) is 10.7. The molecule has 92 valence electrons. The van der Waals surface area contributed by atoms with Gasteiger partial charge in [-0.2, -0.15) is 11.8 Å². The van der Waals surface area contributed by atoms with Crippen LogP contribution in [0.2, 0.25) is 0 Å². The third-order valence-electron chi connectivity index (χ3n) is 2.88. The highest BCUT2D eigenvalue weighted by Crippen LogP contribution is 2.46. The number of carbonyl (C=O) groups excluding carboxylic acids is 1. The molecule has 0 amide bonds. The van der Waals surface area contributed by atoms with Gasteiger partial charge in [0.15, 0.2) is 5.69 Å². The minimum atomic E-state index is -0.466. The van der Waals surface area contributed by atoms with Gasteiger partial charge in [0.2, 0.25) is 0 Å². The van der Waals surface area contributed by atoms with Gasteiger partial charge in [-0.05, 0) is 19.1 Å². The molecule has 1 aliphatic carbocycles. The van der Waals surface area contributed by atoms with Crippen molar-refractivity contribution < 1.29 is 9.53 Å². The Bertz CT molecular complexity index is 404. The molecule has 0 atom stereocenters. The average Bonchev–Trinajstić information content (AvgIpc) is 3.17. The maximum Gasteiger partial charge on any atom is 0.358 e. The van der Waals surface area contributed by atoms with Crippen molar-refractivity contribution in [3.05, 3.63) is 18.1 Å². The molecule has 17 heavy (non-hydrogen) atoms. The topological polar surface area (TPSA) is 64.1 Å². The van der Waals surface area contributed by atoms with Crippen molar-refractivity contribution in [2.45, 2.75) is 17.6 Å². The molecule has 1 aromatic heterocycles. The van der Waals surface area contributed by atoms with E-state index in [9.17, 15) is 4.79 Å². The first-order valence-corrected chi connectivity index (χ1v) is 6.61. The van der Waals surface area contributed by atoms with Gasteiger partial charge in [0.05, 0.1) is 19.5 Å². The number of nitrogens with one attached hydrogen (secondary N) is 1. The fourth-order valence-corrected chi connectivity index (χ4v) is 2.20. The van der Waals surface area contributed by atoms with E-state index in [0.29, 0.717) is 10.6 Å². The predicted octanol–water partition coefficient (Wildman–Crippen LogP) is 1.57. The number of ether oxygens (including phenoxy) is 1. The summed E-state index contributed by atoms with van der Waals surface area (Å²) in [6.07, 6.45) is 7.60. The molecule has 0 unspecified atom stereocenters. The highest BCUT2D eigenvalue weighted by molar-refractivity contribution is 8.00. The lowest BCUT2D eigenvalue weighted by molar-refractivity contribution is 0.0593. The normalized spacial score (nSPS) is 16.4. The number of hydrogen-bond acceptors (Lipinski definition) is 6. The standard InChI is InChI=1S/C11H15N3O2S/c1-16-10(15)8-5-13-9(6-12-8)14-7-11(17-2)3-4-11/h5-6H,3-4,7H2,1-2H3,(H,13,14). The summed E-state index contributed by atoms with van der Waals surface area (Å²) in [5.74, 6) is 0.227. The number of nitrogens with zero attached hydrogens (tertiary/aromatic N) is 2. The number of hydrogen-bond donors (Lipinski definition) is 1. The van der Waals surface area contributed by atoms with Gasteiger partial charge < -0.3 is 10.1 Å². The van der Waals surface area contributed by atoms with Crippen molar-refractivity contribution >= 4 is 23.5 Å². The van der Waals surface area contributed by atoms with Gasteiger partial charge in [-0.25, -0.2) is 14.8 Å². The van der Waals surface area contributed by atoms with Crippen LogP contribution in [0.3, 0.4) is 0 Å². The lowest BCUT2D eigenvalue weighted by atomic mass is 10.4. The lowest BCUT2D eigenvalue weighted by Crippen LogP contribution is -2.18. The van der Waals surface area contributed by atoms with Crippen LogP contribution in [0.1, 0.15) is 23.3 Å². The van der Waals surface area contributed by atoms with Crippen LogP contribution in [0, 0.1) is 0 Å². The van der Waals surface area contributed by atoms with E-state index in [1.54, 1.807) is 6.20 Å². The molecule has 0 saturated heterocycles. The van der Waals surface area contributed by atoms with Crippen molar-refractivity contribution in [1.82, 2.24) is 9.97 Å². The Balaban J connectivity index is 1.92. The highest BCUT2D eigenvalue weighted by atomic mass is 32.2. The number of aromatic nitrogens is 2. The third-order valence-corrected chi connectivity index (χ3v) is 4.30. The van der Waals surface area contributed by atoms with Gasteiger partial charge in [-0.3, -0.25) is 0 Å². The van der Waals surface area contributed by atoms with Crippen molar-refractivity contribution in [1.29, 1.82) is 0 Å². The second-order valence-corrected chi connectivity index (χ2v) is 5.29. The molecule has 0 spiro atoms. The first-order valence-electron chi connectivity index (χ1n) is 5.38. The quantitative estimate of drug-likeness (QED) is 0.804. The lowest BCUT2D eigenvalue weighted by Gasteiger charge is -2.13. The predicted molar refractivity (Wildman–Crippen MR) is 67.3 cm³/mol. The maximum absolute atomic E-state index is 11.1.